The van der Waals surface area contributed by atoms with Crippen molar-refractivity contribution in [1.29, 1.82) is 0 Å². The molecule has 0 saturated heterocycles. The van der Waals surface area contributed by atoms with Gasteiger partial charge in [0.25, 0.3) is 5.95 Å². The van der Waals surface area contributed by atoms with Crippen molar-refractivity contribution >= 4 is 22.6 Å². The zero-order valence-corrected chi connectivity index (χ0v) is 13.6. The number of rotatable bonds is 3. The third kappa shape index (κ3) is 2.85. The lowest BCUT2D eigenvalue weighted by atomic mass is 10.1. The second-order valence-corrected chi connectivity index (χ2v) is 5.79. The predicted molar refractivity (Wildman–Crippen MR) is 86.0 cm³/mol. The Morgan fingerprint density at radius 1 is 1.16 bits per heavy atom. The van der Waals surface area contributed by atoms with Crippen LogP contribution in [-0.4, -0.2) is 25.0 Å². The summed E-state index contributed by atoms with van der Waals surface area (Å²) < 4.78 is 34.1. The molecule has 0 amide bonds. The van der Waals surface area contributed by atoms with Crippen LogP contribution in [0.3, 0.4) is 0 Å². The maximum absolute atomic E-state index is 14.0. The van der Waals surface area contributed by atoms with E-state index < -0.39 is 11.8 Å². The quantitative estimate of drug-likeness (QED) is 0.555. The Labute approximate surface area is 145 Å². The Morgan fingerprint density at radius 3 is 2.72 bits per heavy atom. The van der Waals surface area contributed by atoms with Crippen molar-refractivity contribution < 1.29 is 13.2 Å². The summed E-state index contributed by atoms with van der Waals surface area (Å²) in [6.07, 6.45) is 1.48. The molecule has 3 aromatic heterocycles. The van der Waals surface area contributed by atoms with Crippen LogP contribution in [0.2, 0.25) is 5.02 Å². The van der Waals surface area contributed by atoms with Crippen molar-refractivity contribution in [1.82, 2.24) is 25.0 Å². The van der Waals surface area contributed by atoms with Crippen molar-refractivity contribution in [2.75, 3.05) is 0 Å². The van der Waals surface area contributed by atoms with Crippen molar-refractivity contribution in [3.8, 4) is 11.1 Å². The molecule has 126 valence electrons. The lowest BCUT2D eigenvalue weighted by molar-refractivity contribution is 0.440. The van der Waals surface area contributed by atoms with Gasteiger partial charge < -0.3 is 4.42 Å². The molecule has 4 aromatic rings. The second kappa shape index (κ2) is 5.89. The van der Waals surface area contributed by atoms with Crippen LogP contribution in [0.15, 0.2) is 34.9 Å². The van der Waals surface area contributed by atoms with Crippen molar-refractivity contribution in [2.24, 2.45) is 0 Å². The topological polar surface area (TPSA) is 69.6 Å². The van der Waals surface area contributed by atoms with Gasteiger partial charge in [-0.05, 0) is 23.8 Å². The molecule has 0 atom stereocenters. The normalized spacial score (nSPS) is 11.4. The summed E-state index contributed by atoms with van der Waals surface area (Å²) in [5.74, 6) is -0.499. The third-order valence-corrected chi connectivity index (χ3v) is 3.95. The molecular formula is C16H10ClF2N5O. The standard InChI is InChI=1S/C16H10ClF2N5O/c1-8-21-22-14(25-8)7-24-13-5-10(6-20-15(13)16(19)23-24)9-2-3-12(18)11(17)4-9/h2-6H,7H2,1H3. The first kappa shape index (κ1) is 15.6. The van der Waals surface area contributed by atoms with E-state index >= 15 is 0 Å². The molecule has 0 unspecified atom stereocenters. The van der Waals surface area contributed by atoms with Crippen LogP contribution in [0.5, 0.6) is 0 Å². The number of benzene rings is 1. The molecule has 9 heteroatoms. The zero-order valence-electron chi connectivity index (χ0n) is 12.9. The van der Waals surface area contributed by atoms with Crippen LogP contribution in [-0.2, 0) is 6.54 Å². The van der Waals surface area contributed by atoms with Gasteiger partial charge in [-0.2, -0.15) is 4.39 Å². The van der Waals surface area contributed by atoms with Crippen molar-refractivity contribution in [2.45, 2.75) is 13.5 Å². The molecule has 0 aliphatic heterocycles. The highest BCUT2D eigenvalue weighted by atomic mass is 35.5. The van der Waals surface area contributed by atoms with E-state index in [0.717, 1.165) is 0 Å². The Morgan fingerprint density at radius 2 is 2.00 bits per heavy atom. The van der Waals surface area contributed by atoms with Crippen LogP contribution in [0.25, 0.3) is 22.2 Å². The first-order chi connectivity index (χ1) is 12.0. The molecular weight excluding hydrogens is 352 g/mol. The van der Waals surface area contributed by atoms with E-state index in [9.17, 15) is 8.78 Å². The smallest absolute Gasteiger partial charge is 0.258 e. The van der Waals surface area contributed by atoms with E-state index in [-0.39, 0.29) is 17.1 Å². The van der Waals surface area contributed by atoms with Gasteiger partial charge in [0.15, 0.2) is 0 Å². The SMILES string of the molecule is Cc1nnc(Cn2nc(F)c3ncc(-c4ccc(F)c(Cl)c4)cc32)o1. The molecule has 0 aliphatic carbocycles. The van der Waals surface area contributed by atoms with Gasteiger partial charge in [-0.15, -0.1) is 15.3 Å². The Bertz CT molecular complexity index is 1090. The number of aryl methyl sites for hydroxylation is 1. The first-order valence-corrected chi connectivity index (χ1v) is 7.65. The number of halogens is 3. The predicted octanol–water partition coefficient (Wildman–Crippen LogP) is 3.77. The van der Waals surface area contributed by atoms with Crippen LogP contribution in [0.1, 0.15) is 11.8 Å². The number of pyridine rings is 1. The summed E-state index contributed by atoms with van der Waals surface area (Å²) in [5.41, 5.74) is 1.87. The minimum Gasteiger partial charge on any atom is -0.424 e. The number of aromatic nitrogens is 5. The van der Waals surface area contributed by atoms with Crippen LogP contribution in [0.4, 0.5) is 8.78 Å². The fraction of sp³-hybridized carbons (Fsp3) is 0.125. The third-order valence-electron chi connectivity index (χ3n) is 3.66. The number of fused-ring (bicyclic) bond motifs is 1. The van der Waals surface area contributed by atoms with Gasteiger partial charge in [0, 0.05) is 18.7 Å². The highest BCUT2D eigenvalue weighted by Crippen LogP contribution is 2.27. The van der Waals surface area contributed by atoms with Gasteiger partial charge in [-0.25, -0.2) is 9.37 Å². The van der Waals surface area contributed by atoms with Gasteiger partial charge in [0.05, 0.1) is 10.5 Å². The van der Waals surface area contributed by atoms with Gasteiger partial charge in [-0.1, -0.05) is 17.7 Å². The Hall–Kier alpha value is -2.87. The van der Waals surface area contributed by atoms with Crippen LogP contribution >= 0.6 is 11.6 Å². The monoisotopic (exact) mass is 361 g/mol. The molecule has 0 N–H and O–H groups in total. The summed E-state index contributed by atoms with van der Waals surface area (Å²) in [7, 11) is 0. The maximum atomic E-state index is 14.0. The van der Waals surface area contributed by atoms with Gasteiger partial charge >= 0.3 is 0 Å². The van der Waals surface area contributed by atoms with Crippen LogP contribution in [0, 0.1) is 18.7 Å². The number of nitrogens with zero attached hydrogens (tertiary/aromatic N) is 5. The molecule has 0 radical (unpaired) electrons. The molecule has 0 fully saturated rings. The average Bonchev–Trinajstić information content (AvgIpc) is 3.14. The molecule has 0 aliphatic rings. The summed E-state index contributed by atoms with van der Waals surface area (Å²) >= 11 is 5.83. The van der Waals surface area contributed by atoms with E-state index in [2.05, 4.69) is 20.3 Å². The van der Waals surface area contributed by atoms with E-state index in [1.807, 2.05) is 0 Å². The molecule has 25 heavy (non-hydrogen) atoms. The lowest BCUT2D eigenvalue weighted by Crippen LogP contribution is -2.02. The molecule has 4 rings (SSSR count). The summed E-state index contributed by atoms with van der Waals surface area (Å²) in [4.78, 5) is 4.11. The van der Waals surface area contributed by atoms with Gasteiger partial charge in [-0.3, -0.25) is 4.68 Å². The first-order valence-electron chi connectivity index (χ1n) is 7.28. The van der Waals surface area contributed by atoms with Gasteiger partial charge in [0.2, 0.25) is 11.8 Å². The maximum Gasteiger partial charge on any atom is 0.258 e. The van der Waals surface area contributed by atoms with Crippen molar-refractivity contribution in [3.63, 3.8) is 0 Å². The molecule has 0 bridgehead atoms. The summed E-state index contributed by atoms with van der Waals surface area (Å²) in [6, 6.07) is 6.02. The zero-order chi connectivity index (χ0) is 17.6. The van der Waals surface area contributed by atoms with E-state index in [0.29, 0.717) is 28.4 Å². The fourth-order valence-corrected chi connectivity index (χ4v) is 2.68. The molecule has 6 nitrogen and oxygen atoms in total. The van der Waals surface area contributed by atoms with Crippen molar-refractivity contribution in [3.05, 3.63) is 59.0 Å². The molecule has 0 saturated carbocycles. The summed E-state index contributed by atoms with van der Waals surface area (Å²) in [5, 5.41) is 11.4. The minimum atomic E-state index is -0.699. The molecule has 3 heterocycles. The Kier molecular flexibility index (Phi) is 3.69. The number of hydrogen-bond donors (Lipinski definition) is 0. The molecule has 1 aromatic carbocycles. The lowest BCUT2D eigenvalue weighted by Gasteiger charge is -2.04. The average molecular weight is 362 g/mol. The number of hydrogen-bond acceptors (Lipinski definition) is 5. The minimum absolute atomic E-state index is 0.00128. The highest BCUT2D eigenvalue weighted by molar-refractivity contribution is 6.31. The fourth-order valence-electron chi connectivity index (χ4n) is 2.50. The van der Waals surface area contributed by atoms with Gasteiger partial charge in [0.1, 0.15) is 17.9 Å². The second-order valence-electron chi connectivity index (χ2n) is 5.38. The highest BCUT2D eigenvalue weighted by Gasteiger charge is 2.15. The van der Waals surface area contributed by atoms with E-state index in [1.165, 1.54) is 23.0 Å². The summed E-state index contributed by atoms with van der Waals surface area (Å²) in [6.45, 7) is 1.77. The molecule has 0 spiro atoms. The Balaban J connectivity index is 1.80. The van der Waals surface area contributed by atoms with E-state index in [4.69, 9.17) is 16.0 Å². The van der Waals surface area contributed by atoms with Crippen LogP contribution < -0.4 is 0 Å². The van der Waals surface area contributed by atoms with E-state index in [1.54, 1.807) is 19.1 Å². The largest absolute Gasteiger partial charge is 0.424 e.